The molecule has 0 amide bonds. The number of halogens is 1. The van der Waals surface area contributed by atoms with Crippen molar-refractivity contribution in [3.8, 4) is 11.6 Å². The highest BCUT2D eigenvalue weighted by atomic mass is 19.1. The van der Waals surface area contributed by atoms with Crippen LogP contribution in [0.4, 0.5) is 4.39 Å². The van der Waals surface area contributed by atoms with Gasteiger partial charge in [0.05, 0.1) is 17.3 Å². The molecule has 1 fully saturated rings. The van der Waals surface area contributed by atoms with E-state index in [1.165, 1.54) is 16.8 Å². The number of rotatable bonds is 3. The maximum atomic E-state index is 13.5. The van der Waals surface area contributed by atoms with E-state index < -0.39 is 0 Å². The van der Waals surface area contributed by atoms with Crippen LogP contribution in [0.5, 0.6) is 5.88 Å². The Kier molecular flexibility index (Phi) is 3.51. The van der Waals surface area contributed by atoms with Crippen molar-refractivity contribution in [2.45, 2.75) is 39.0 Å². The van der Waals surface area contributed by atoms with Crippen LogP contribution in [-0.4, -0.2) is 15.7 Å². The molecule has 0 spiro atoms. The Hall–Kier alpha value is -2.17. The van der Waals surface area contributed by atoms with Gasteiger partial charge in [0.15, 0.2) is 0 Å². The summed E-state index contributed by atoms with van der Waals surface area (Å²) in [6.45, 7) is 6.08. The standard InChI is InChI=1S/C17H19FN2O2/c1-17(2,3)14-10-15(22-16(21)11-7-8-11)20(19-14)13-6-4-5-12(18)9-13/h4-6,9-11H,7-8H2,1-3H3. The second kappa shape index (κ2) is 5.23. The predicted octanol–water partition coefficient (Wildman–Crippen LogP) is 3.62. The molecule has 22 heavy (non-hydrogen) atoms. The number of esters is 1. The fourth-order valence-corrected chi connectivity index (χ4v) is 2.10. The maximum absolute atomic E-state index is 13.5. The average molecular weight is 302 g/mol. The SMILES string of the molecule is CC(C)(C)c1cc(OC(=O)C2CC2)n(-c2cccc(F)c2)n1. The molecule has 4 nitrogen and oxygen atoms in total. The zero-order chi connectivity index (χ0) is 15.9. The molecule has 1 aromatic carbocycles. The molecular formula is C17H19FN2O2. The van der Waals surface area contributed by atoms with Gasteiger partial charge in [-0.05, 0) is 31.0 Å². The van der Waals surface area contributed by atoms with Gasteiger partial charge in [-0.2, -0.15) is 5.10 Å². The zero-order valence-electron chi connectivity index (χ0n) is 13.0. The normalized spacial score (nSPS) is 14.9. The highest BCUT2D eigenvalue weighted by molar-refractivity contribution is 5.77. The third-order valence-electron chi connectivity index (χ3n) is 3.61. The van der Waals surface area contributed by atoms with Crippen LogP contribution in [0.25, 0.3) is 5.69 Å². The Morgan fingerprint density at radius 1 is 1.32 bits per heavy atom. The lowest BCUT2D eigenvalue weighted by molar-refractivity contribution is -0.136. The van der Waals surface area contributed by atoms with Gasteiger partial charge in [0.1, 0.15) is 5.82 Å². The van der Waals surface area contributed by atoms with Crippen molar-refractivity contribution in [1.29, 1.82) is 0 Å². The second-order valence-electron chi connectivity index (χ2n) is 6.70. The summed E-state index contributed by atoms with van der Waals surface area (Å²) in [7, 11) is 0. The number of carbonyl (C=O) groups excluding carboxylic acids is 1. The molecule has 116 valence electrons. The van der Waals surface area contributed by atoms with Crippen molar-refractivity contribution >= 4 is 5.97 Å². The molecule has 2 aromatic rings. The molecule has 0 N–H and O–H groups in total. The van der Waals surface area contributed by atoms with Crippen LogP contribution in [0.15, 0.2) is 30.3 Å². The third-order valence-corrected chi connectivity index (χ3v) is 3.61. The van der Waals surface area contributed by atoms with E-state index in [0.29, 0.717) is 11.6 Å². The Morgan fingerprint density at radius 3 is 2.64 bits per heavy atom. The van der Waals surface area contributed by atoms with E-state index in [0.717, 1.165) is 18.5 Å². The number of carbonyl (C=O) groups is 1. The minimum absolute atomic E-state index is 0.00561. The molecule has 1 heterocycles. The Balaban J connectivity index is 2.02. The summed E-state index contributed by atoms with van der Waals surface area (Å²) in [6, 6.07) is 7.83. The molecule has 0 bridgehead atoms. The van der Waals surface area contributed by atoms with E-state index in [2.05, 4.69) is 5.10 Å². The molecule has 3 rings (SSSR count). The van der Waals surface area contributed by atoms with Crippen LogP contribution >= 0.6 is 0 Å². The fraction of sp³-hybridized carbons (Fsp3) is 0.412. The van der Waals surface area contributed by atoms with Crippen LogP contribution < -0.4 is 4.74 Å². The Bertz CT molecular complexity index is 712. The molecule has 0 radical (unpaired) electrons. The predicted molar refractivity (Wildman–Crippen MR) is 80.6 cm³/mol. The number of hydrogen-bond donors (Lipinski definition) is 0. The van der Waals surface area contributed by atoms with E-state index in [1.54, 1.807) is 18.2 Å². The topological polar surface area (TPSA) is 44.1 Å². The van der Waals surface area contributed by atoms with Gasteiger partial charge < -0.3 is 4.74 Å². The van der Waals surface area contributed by atoms with E-state index in [4.69, 9.17) is 4.74 Å². The van der Waals surface area contributed by atoms with Gasteiger partial charge >= 0.3 is 5.97 Å². The number of ether oxygens (including phenoxy) is 1. The number of aromatic nitrogens is 2. The van der Waals surface area contributed by atoms with Crippen LogP contribution in [0.2, 0.25) is 0 Å². The van der Waals surface area contributed by atoms with Crippen LogP contribution in [-0.2, 0) is 10.2 Å². The van der Waals surface area contributed by atoms with Crippen molar-refractivity contribution in [1.82, 2.24) is 9.78 Å². The minimum atomic E-state index is -0.357. The Labute approximate surface area is 128 Å². The van der Waals surface area contributed by atoms with E-state index in [9.17, 15) is 9.18 Å². The first-order valence-electron chi connectivity index (χ1n) is 7.43. The highest BCUT2D eigenvalue weighted by Crippen LogP contribution is 2.33. The van der Waals surface area contributed by atoms with Crippen LogP contribution in [0, 0.1) is 11.7 Å². The highest BCUT2D eigenvalue weighted by Gasteiger charge is 2.33. The van der Waals surface area contributed by atoms with E-state index in [-0.39, 0.29) is 23.1 Å². The van der Waals surface area contributed by atoms with Gasteiger partial charge in [0.2, 0.25) is 5.88 Å². The lowest BCUT2D eigenvalue weighted by Crippen LogP contribution is -2.13. The van der Waals surface area contributed by atoms with Gasteiger partial charge in [-0.25, -0.2) is 9.07 Å². The summed E-state index contributed by atoms with van der Waals surface area (Å²) in [5, 5.41) is 4.50. The van der Waals surface area contributed by atoms with Gasteiger partial charge in [0, 0.05) is 11.5 Å². The molecule has 5 heteroatoms. The summed E-state index contributed by atoms with van der Waals surface area (Å²) in [6.07, 6.45) is 1.75. The number of nitrogens with zero attached hydrogens (tertiary/aromatic N) is 2. The molecular weight excluding hydrogens is 283 g/mol. The van der Waals surface area contributed by atoms with Gasteiger partial charge in [-0.3, -0.25) is 4.79 Å². The van der Waals surface area contributed by atoms with Crippen molar-refractivity contribution < 1.29 is 13.9 Å². The van der Waals surface area contributed by atoms with E-state index >= 15 is 0 Å². The lowest BCUT2D eigenvalue weighted by atomic mass is 9.93. The molecule has 0 atom stereocenters. The first-order valence-corrected chi connectivity index (χ1v) is 7.43. The summed E-state index contributed by atoms with van der Waals surface area (Å²) >= 11 is 0. The van der Waals surface area contributed by atoms with E-state index in [1.807, 2.05) is 20.8 Å². The first-order chi connectivity index (χ1) is 10.3. The number of hydrogen-bond acceptors (Lipinski definition) is 3. The smallest absolute Gasteiger partial charge is 0.315 e. The van der Waals surface area contributed by atoms with Gasteiger partial charge in [-0.1, -0.05) is 26.8 Å². The summed E-state index contributed by atoms with van der Waals surface area (Å²) in [5.41, 5.74) is 1.13. The van der Waals surface area contributed by atoms with Crippen LogP contribution in [0.1, 0.15) is 39.3 Å². The average Bonchev–Trinajstić information content (AvgIpc) is 3.19. The van der Waals surface area contributed by atoms with Crippen molar-refractivity contribution in [3.63, 3.8) is 0 Å². The molecule has 0 aliphatic heterocycles. The summed E-state index contributed by atoms with van der Waals surface area (Å²) in [4.78, 5) is 11.9. The summed E-state index contributed by atoms with van der Waals surface area (Å²) in [5.74, 6) is -0.260. The monoisotopic (exact) mass is 302 g/mol. The first kappa shape index (κ1) is 14.8. The number of benzene rings is 1. The molecule has 1 aliphatic rings. The molecule has 0 unspecified atom stereocenters. The van der Waals surface area contributed by atoms with Crippen molar-refractivity contribution in [2.24, 2.45) is 5.92 Å². The van der Waals surface area contributed by atoms with Crippen molar-refractivity contribution in [2.75, 3.05) is 0 Å². The molecule has 1 saturated carbocycles. The molecule has 0 saturated heterocycles. The second-order valence-corrected chi connectivity index (χ2v) is 6.70. The van der Waals surface area contributed by atoms with Crippen LogP contribution in [0.3, 0.4) is 0 Å². The lowest BCUT2D eigenvalue weighted by Gasteiger charge is -2.13. The third kappa shape index (κ3) is 3.03. The molecule has 1 aliphatic carbocycles. The zero-order valence-corrected chi connectivity index (χ0v) is 13.0. The van der Waals surface area contributed by atoms with Crippen molar-refractivity contribution in [3.05, 3.63) is 41.8 Å². The minimum Gasteiger partial charge on any atom is -0.407 e. The molecule has 1 aromatic heterocycles. The summed E-state index contributed by atoms with van der Waals surface area (Å²) < 4.78 is 20.4. The fourth-order valence-electron chi connectivity index (χ4n) is 2.10. The van der Waals surface area contributed by atoms with Gasteiger partial charge in [0.25, 0.3) is 0 Å². The van der Waals surface area contributed by atoms with Gasteiger partial charge in [-0.15, -0.1) is 0 Å². The quantitative estimate of drug-likeness (QED) is 0.813. The Morgan fingerprint density at radius 2 is 2.05 bits per heavy atom. The maximum Gasteiger partial charge on any atom is 0.315 e. The largest absolute Gasteiger partial charge is 0.407 e.